The first-order chi connectivity index (χ1) is 14.3. The number of esters is 1. The number of rotatable bonds is 8. The van der Waals surface area contributed by atoms with Gasteiger partial charge < -0.3 is 24.1 Å². The summed E-state index contributed by atoms with van der Waals surface area (Å²) in [6.45, 7) is 3.15. The molecule has 0 unspecified atom stereocenters. The molecule has 3 atom stereocenters. The van der Waals surface area contributed by atoms with Gasteiger partial charge in [-0.15, -0.1) is 0 Å². The van der Waals surface area contributed by atoms with E-state index in [0.29, 0.717) is 16.9 Å². The third kappa shape index (κ3) is 5.44. The molecule has 0 amide bonds. The van der Waals surface area contributed by atoms with Gasteiger partial charge in [0.25, 0.3) is 0 Å². The van der Waals surface area contributed by atoms with Gasteiger partial charge in [0.15, 0.2) is 11.6 Å². The van der Waals surface area contributed by atoms with Crippen LogP contribution >= 0.6 is 0 Å². The summed E-state index contributed by atoms with van der Waals surface area (Å²) in [6.07, 6.45) is -2.62. The number of hydrogen-bond donors (Lipinski definition) is 1. The second-order valence-electron chi connectivity index (χ2n) is 7.53. The number of benzene rings is 2. The van der Waals surface area contributed by atoms with E-state index in [0.717, 1.165) is 0 Å². The largest absolute Gasteiger partial charge is 0.497 e. The first-order valence-corrected chi connectivity index (χ1v) is 9.72. The van der Waals surface area contributed by atoms with E-state index in [-0.39, 0.29) is 18.8 Å². The fourth-order valence-corrected chi connectivity index (χ4v) is 3.34. The van der Waals surface area contributed by atoms with Crippen molar-refractivity contribution in [1.82, 2.24) is 0 Å². The predicted molar refractivity (Wildman–Crippen MR) is 108 cm³/mol. The number of aliphatic hydroxyl groups is 1. The third-order valence-corrected chi connectivity index (χ3v) is 4.79. The Kier molecular flexibility index (Phi) is 6.87. The van der Waals surface area contributed by atoms with Crippen molar-refractivity contribution >= 4 is 11.8 Å². The molecule has 1 aliphatic heterocycles. The number of aliphatic hydroxyl groups excluding tert-OH is 1. The van der Waals surface area contributed by atoms with Crippen LogP contribution in [0, 0.1) is 0 Å². The molecule has 7 nitrogen and oxygen atoms in total. The maximum absolute atomic E-state index is 12.7. The number of methoxy groups -OCH3 is 1. The molecule has 0 saturated carbocycles. The smallest absolute Gasteiger partial charge is 0.338 e. The summed E-state index contributed by atoms with van der Waals surface area (Å²) in [6, 6.07) is 15.3. The summed E-state index contributed by atoms with van der Waals surface area (Å²) >= 11 is 0. The first-order valence-electron chi connectivity index (χ1n) is 9.72. The van der Waals surface area contributed by atoms with Crippen LogP contribution in [-0.4, -0.2) is 54.7 Å². The van der Waals surface area contributed by atoms with Crippen LogP contribution in [0.15, 0.2) is 54.6 Å². The molecule has 1 heterocycles. The Morgan fingerprint density at radius 1 is 1.03 bits per heavy atom. The van der Waals surface area contributed by atoms with Gasteiger partial charge in [0.05, 0.1) is 18.8 Å². The van der Waals surface area contributed by atoms with Gasteiger partial charge in [0.1, 0.15) is 24.6 Å². The number of ketones is 1. The van der Waals surface area contributed by atoms with Gasteiger partial charge in [0, 0.05) is 12.0 Å². The second-order valence-corrected chi connectivity index (χ2v) is 7.53. The summed E-state index contributed by atoms with van der Waals surface area (Å²) in [5.74, 6) is -1.01. The molecule has 0 spiro atoms. The van der Waals surface area contributed by atoms with Crippen LogP contribution in [0.2, 0.25) is 0 Å². The van der Waals surface area contributed by atoms with E-state index in [1.165, 1.54) is 0 Å². The van der Waals surface area contributed by atoms with Crippen molar-refractivity contribution < 1.29 is 33.6 Å². The van der Waals surface area contributed by atoms with Gasteiger partial charge in [0.2, 0.25) is 0 Å². The molecule has 30 heavy (non-hydrogen) atoms. The summed E-state index contributed by atoms with van der Waals surface area (Å²) in [5, 5.41) is 10.6. The zero-order chi connectivity index (χ0) is 21.7. The second kappa shape index (κ2) is 9.38. The highest BCUT2D eigenvalue weighted by molar-refractivity contribution is 5.96. The van der Waals surface area contributed by atoms with Crippen LogP contribution in [0.25, 0.3) is 0 Å². The highest BCUT2D eigenvalue weighted by Crippen LogP contribution is 2.32. The molecule has 2 aromatic carbocycles. The molecular formula is C23H26O7. The molecular weight excluding hydrogens is 388 g/mol. The van der Waals surface area contributed by atoms with E-state index in [1.807, 2.05) is 0 Å². The summed E-state index contributed by atoms with van der Waals surface area (Å²) in [4.78, 5) is 24.8. The van der Waals surface area contributed by atoms with Crippen LogP contribution in [0.3, 0.4) is 0 Å². The topological polar surface area (TPSA) is 91.3 Å². The molecule has 0 aliphatic carbocycles. The van der Waals surface area contributed by atoms with E-state index >= 15 is 0 Å². The Hall–Kier alpha value is -2.74. The molecule has 0 bridgehead atoms. The van der Waals surface area contributed by atoms with Crippen LogP contribution in [0.1, 0.15) is 41.0 Å². The maximum Gasteiger partial charge on any atom is 0.338 e. The van der Waals surface area contributed by atoms with Crippen molar-refractivity contribution in [1.29, 1.82) is 0 Å². The zero-order valence-electron chi connectivity index (χ0n) is 17.2. The van der Waals surface area contributed by atoms with E-state index in [2.05, 4.69) is 0 Å². The van der Waals surface area contributed by atoms with Gasteiger partial charge in [-0.2, -0.15) is 0 Å². The number of ether oxygens (including phenoxy) is 4. The Labute approximate surface area is 175 Å². The van der Waals surface area contributed by atoms with Crippen LogP contribution in [0.4, 0.5) is 0 Å². The van der Waals surface area contributed by atoms with Crippen LogP contribution in [-0.2, 0) is 14.2 Å². The van der Waals surface area contributed by atoms with E-state index in [4.69, 9.17) is 18.9 Å². The van der Waals surface area contributed by atoms with E-state index in [1.54, 1.807) is 75.6 Å². The van der Waals surface area contributed by atoms with E-state index < -0.39 is 30.1 Å². The van der Waals surface area contributed by atoms with E-state index in [9.17, 15) is 14.7 Å². The maximum atomic E-state index is 12.7. The Morgan fingerprint density at radius 3 is 2.33 bits per heavy atom. The standard InChI is InChI=1S/C23H26O7/c1-23(2)29-20(13-18(24)15-9-11-17(27-3)12-10-15)21(30-23)19(25)14-28-22(26)16-7-5-4-6-8-16/h4-12,19-21,25H,13-14H2,1-3H3/t19-,20-,21-/m1/s1. The fraction of sp³-hybridized carbons (Fsp3) is 0.391. The molecule has 1 N–H and O–H groups in total. The van der Waals surface area contributed by atoms with Gasteiger partial charge in [-0.3, -0.25) is 4.79 Å². The molecule has 2 aromatic rings. The highest BCUT2D eigenvalue weighted by atomic mass is 16.8. The van der Waals surface area contributed by atoms with Crippen molar-refractivity contribution in [3.63, 3.8) is 0 Å². The Morgan fingerprint density at radius 2 is 1.70 bits per heavy atom. The summed E-state index contributed by atoms with van der Waals surface area (Å²) < 4.78 is 22.0. The van der Waals surface area contributed by atoms with Gasteiger partial charge in [-0.05, 0) is 50.2 Å². The van der Waals surface area contributed by atoms with Crippen molar-refractivity contribution in [2.75, 3.05) is 13.7 Å². The molecule has 1 saturated heterocycles. The van der Waals surface area contributed by atoms with Crippen LogP contribution < -0.4 is 4.74 Å². The molecule has 7 heteroatoms. The predicted octanol–water partition coefficient (Wildman–Crippen LogP) is 3.01. The molecule has 0 aromatic heterocycles. The summed E-state index contributed by atoms with van der Waals surface area (Å²) in [5.41, 5.74) is 0.896. The lowest BCUT2D eigenvalue weighted by molar-refractivity contribution is -0.157. The monoisotopic (exact) mass is 414 g/mol. The minimum atomic E-state index is -1.15. The molecule has 160 valence electrons. The third-order valence-electron chi connectivity index (χ3n) is 4.79. The molecule has 1 fully saturated rings. The zero-order valence-corrected chi connectivity index (χ0v) is 17.2. The summed E-state index contributed by atoms with van der Waals surface area (Å²) in [7, 11) is 1.55. The molecule has 1 aliphatic rings. The number of carbonyl (C=O) groups is 2. The lowest BCUT2D eigenvalue weighted by Crippen LogP contribution is -2.40. The average molecular weight is 414 g/mol. The highest BCUT2D eigenvalue weighted by Gasteiger charge is 2.45. The Bertz CT molecular complexity index is 861. The number of carbonyl (C=O) groups excluding carboxylic acids is 2. The van der Waals surface area contributed by atoms with Gasteiger partial charge >= 0.3 is 5.97 Å². The van der Waals surface area contributed by atoms with Crippen molar-refractivity contribution in [2.24, 2.45) is 0 Å². The van der Waals surface area contributed by atoms with Crippen molar-refractivity contribution in [3.05, 3.63) is 65.7 Å². The Balaban J connectivity index is 1.62. The van der Waals surface area contributed by atoms with Gasteiger partial charge in [-0.25, -0.2) is 4.79 Å². The van der Waals surface area contributed by atoms with Crippen LogP contribution in [0.5, 0.6) is 5.75 Å². The first kappa shape index (κ1) is 22.0. The average Bonchev–Trinajstić information content (AvgIpc) is 3.06. The fourth-order valence-electron chi connectivity index (χ4n) is 3.34. The van der Waals surface area contributed by atoms with Crippen molar-refractivity contribution in [3.8, 4) is 5.75 Å². The number of hydrogen-bond acceptors (Lipinski definition) is 7. The lowest BCUT2D eigenvalue weighted by atomic mass is 9.99. The number of Topliss-reactive ketones (excluding diaryl/α,β-unsaturated/α-hetero) is 1. The minimum Gasteiger partial charge on any atom is -0.497 e. The minimum absolute atomic E-state index is 0.0180. The molecule has 0 radical (unpaired) electrons. The lowest BCUT2D eigenvalue weighted by Gasteiger charge is -2.22. The van der Waals surface area contributed by atoms with Crippen molar-refractivity contribution in [2.45, 2.75) is 44.4 Å². The molecule has 3 rings (SSSR count). The van der Waals surface area contributed by atoms with Gasteiger partial charge in [-0.1, -0.05) is 18.2 Å². The quantitative estimate of drug-likeness (QED) is 0.524. The SMILES string of the molecule is COc1ccc(C(=O)C[C@H]2OC(C)(C)O[C@@H]2[C@H](O)COC(=O)c2ccccc2)cc1. The normalized spacial score (nSPS) is 21.1.